The minimum Gasteiger partial charge on any atom is -0.493 e. The molecule has 2 N–H and O–H groups in total. The zero-order valence-electron chi connectivity index (χ0n) is 21.7. The van der Waals surface area contributed by atoms with Gasteiger partial charge in [0.05, 0.1) is 38.4 Å². The molecule has 1 unspecified atom stereocenters. The van der Waals surface area contributed by atoms with Gasteiger partial charge in [-0.2, -0.15) is 4.98 Å². The number of anilines is 3. The van der Waals surface area contributed by atoms with Gasteiger partial charge in [0.25, 0.3) is 0 Å². The first kappa shape index (κ1) is 24.8. The molecule has 38 heavy (non-hydrogen) atoms. The molecule has 0 aliphatic rings. The molecule has 0 bridgehead atoms. The first-order valence-corrected chi connectivity index (χ1v) is 12.2. The van der Waals surface area contributed by atoms with Gasteiger partial charge in [-0.15, -0.1) is 0 Å². The second-order valence-electron chi connectivity index (χ2n) is 8.42. The summed E-state index contributed by atoms with van der Waals surface area (Å²) in [6.07, 6.45) is 2.34. The molecule has 0 saturated heterocycles. The number of nitrogens with zero attached hydrogens (tertiary/aromatic N) is 5. The van der Waals surface area contributed by atoms with Crippen LogP contribution in [0.1, 0.15) is 24.9 Å². The van der Waals surface area contributed by atoms with Crippen LogP contribution in [0.4, 0.5) is 17.6 Å². The average molecular weight is 512 g/mol. The fraction of sp³-hybridized carbons (Fsp3) is 0.214. The molecule has 0 saturated carbocycles. The number of para-hydroxylation sites is 2. The maximum Gasteiger partial charge on any atom is 0.241 e. The number of fused-ring (bicyclic) bond motifs is 1. The number of benzene rings is 3. The summed E-state index contributed by atoms with van der Waals surface area (Å²) < 4.78 is 18.3. The molecule has 1 atom stereocenters. The van der Waals surface area contributed by atoms with Gasteiger partial charge in [-0.1, -0.05) is 49.4 Å². The van der Waals surface area contributed by atoms with Crippen molar-refractivity contribution in [3.05, 3.63) is 78.6 Å². The monoisotopic (exact) mass is 511 g/mol. The summed E-state index contributed by atoms with van der Waals surface area (Å²) in [7, 11) is 4.70. The standard InChI is InChI=1S/C28H29N7O3/c1-5-20(18-11-7-6-8-12-18)32-28-33-21-13-9-10-14-22(21)35(28)27-30-17-29-26(34-27)31-19-15-23(36-2)25(38-4)24(16-19)37-3/h6-17,20H,5H2,1-4H3,(H,32,33)(H,29,30,31,34). The van der Waals surface area contributed by atoms with Gasteiger partial charge in [0.15, 0.2) is 11.5 Å². The summed E-state index contributed by atoms with van der Waals surface area (Å²) in [4.78, 5) is 18.4. The Kier molecular flexibility index (Phi) is 7.21. The van der Waals surface area contributed by atoms with Crippen molar-refractivity contribution in [1.82, 2.24) is 24.5 Å². The molecule has 0 aliphatic heterocycles. The summed E-state index contributed by atoms with van der Waals surface area (Å²) in [5.41, 5.74) is 3.55. The van der Waals surface area contributed by atoms with Gasteiger partial charge in [-0.05, 0) is 24.1 Å². The normalized spacial score (nSPS) is 11.7. The highest BCUT2D eigenvalue weighted by Crippen LogP contribution is 2.40. The van der Waals surface area contributed by atoms with Gasteiger partial charge < -0.3 is 24.8 Å². The number of rotatable bonds is 10. The molecule has 0 amide bonds. The fourth-order valence-corrected chi connectivity index (χ4v) is 4.33. The van der Waals surface area contributed by atoms with E-state index in [2.05, 4.69) is 39.7 Å². The average Bonchev–Trinajstić information content (AvgIpc) is 3.34. The van der Waals surface area contributed by atoms with Crippen molar-refractivity contribution in [2.75, 3.05) is 32.0 Å². The second-order valence-corrected chi connectivity index (χ2v) is 8.42. The quantitative estimate of drug-likeness (QED) is 0.250. The van der Waals surface area contributed by atoms with E-state index in [1.54, 1.807) is 33.5 Å². The Morgan fingerprint density at radius 3 is 2.24 bits per heavy atom. The molecule has 5 rings (SSSR count). The van der Waals surface area contributed by atoms with E-state index in [-0.39, 0.29) is 6.04 Å². The Morgan fingerprint density at radius 1 is 0.842 bits per heavy atom. The number of hydrogen-bond donors (Lipinski definition) is 2. The largest absolute Gasteiger partial charge is 0.493 e. The van der Waals surface area contributed by atoms with Crippen LogP contribution in [-0.2, 0) is 0 Å². The van der Waals surface area contributed by atoms with E-state index in [0.717, 1.165) is 17.5 Å². The lowest BCUT2D eigenvalue weighted by molar-refractivity contribution is 0.324. The lowest BCUT2D eigenvalue weighted by Gasteiger charge is -2.19. The summed E-state index contributed by atoms with van der Waals surface area (Å²) in [6.45, 7) is 2.14. The summed E-state index contributed by atoms with van der Waals surface area (Å²) >= 11 is 0. The topological polar surface area (TPSA) is 108 Å². The molecule has 0 aliphatic carbocycles. The molecule has 0 radical (unpaired) electrons. The van der Waals surface area contributed by atoms with Crippen molar-refractivity contribution in [2.24, 2.45) is 0 Å². The minimum absolute atomic E-state index is 0.0606. The van der Waals surface area contributed by atoms with Crippen molar-refractivity contribution in [2.45, 2.75) is 19.4 Å². The SMILES string of the molecule is CCC(Nc1nc2ccccc2n1-c1ncnc(Nc2cc(OC)c(OC)c(OC)c2)n1)c1ccccc1. The van der Waals surface area contributed by atoms with Crippen molar-refractivity contribution >= 4 is 28.6 Å². The van der Waals surface area contributed by atoms with E-state index in [1.165, 1.54) is 11.9 Å². The number of imidazole rings is 1. The van der Waals surface area contributed by atoms with Gasteiger partial charge in [0.1, 0.15) is 6.33 Å². The Hall–Kier alpha value is -4.86. The third-order valence-corrected chi connectivity index (χ3v) is 6.15. The van der Waals surface area contributed by atoms with Gasteiger partial charge in [0.2, 0.25) is 23.6 Å². The lowest BCUT2D eigenvalue weighted by atomic mass is 10.1. The minimum atomic E-state index is 0.0606. The Balaban J connectivity index is 1.53. The van der Waals surface area contributed by atoms with E-state index in [4.69, 9.17) is 24.2 Å². The van der Waals surface area contributed by atoms with Crippen LogP contribution in [0, 0.1) is 0 Å². The van der Waals surface area contributed by atoms with Crippen LogP contribution in [-0.4, -0.2) is 45.8 Å². The zero-order chi connectivity index (χ0) is 26.5. The van der Waals surface area contributed by atoms with Gasteiger partial charge in [0, 0.05) is 17.8 Å². The third kappa shape index (κ3) is 4.88. The summed E-state index contributed by atoms with van der Waals surface area (Å²) in [5, 5.41) is 6.82. The molecule has 10 heteroatoms. The predicted octanol–water partition coefficient (Wildman–Crippen LogP) is 5.54. The highest BCUT2D eigenvalue weighted by Gasteiger charge is 2.19. The molecule has 0 fully saturated rings. The smallest absolute Gasteiger partial charge is 0.241 e. The van der Waals surface area contributed by atoms with Gasteiger partial charge >= 0.3 is 0 Å². The van der Waals surface area contributed by atoms with Crippen molar-refractivity contribution in [1.29, 1.82) is 0 Å². The van der Waals surface area contributed by atoms with Gasteiger partial charge in [-0.3, -0.25) is 0 Å². The summed E-state index contributed by atoms with van der Waals surface area (Å²) in [6, 6.07) is 21.8. The van der Waals surface area contributed by atoms with Crippen molar-refractivity contribution in [3.63, 3.8) is 0 Å². The van der Waals surface area contributed by atoms with E-state index >= 15 is 0 Å². The fourth-order valence-electron chi connectivity index (χ4n) is 4.33. The highest BCUT2D eigenvalue weighted by atomic mass is 16.5. The maximum atomic E-state index is 5.47. The maximum absolute atomic E-state index is 5.47. The molecule has 10 nitrogen and oxygen atoms in total. The van der Waals surface area contributed by atoms with Crippen LogP contribution in [0.25, 0.3) is 17.0 Å². The first-order chi connectivity index (χ1) is 18.6. The third-order valence-electron chi connectivity index (χ3n) is 6.15. The Morgan fingerprint density at radius 2 is 1.55 bits per heavy atom. The van der Waals surface area contributed by atoms with Crippen LogP contribution in [0.3, 0.4) is 0 Å². The molecule has 2 heterocycles. The second kappa shape index (κ2) is 11.0. The van der Waals surface area contributed by atoms with Crippen LogP contribution in [0.2, 0.25) is 0 Å². The first-order valence-electron chi connectivity index (χ1n) is 12.2. The van der Waals surface area contributed by atoms with Crippen molar-refractivity contribution in [3.8, 4) is 23.2 Å². The molecular weight excluding hydrogens is 482 g/mol. The summed E-state index contributed by atoms with van der Waals surface area (Å²) in [5.74, 6) is 2.95. The van der Waals surface area contributed by atoms with Crippen molar-refractivity contribution < 1.29 is 14.2 Å². The number of ether oxygens (including phenoxy) is 3. The molecule has 0 spiro atoms. The highest BCUT2D eigenvalue weighted by molar-refractivity contribution is 5.80. The molecule has 3 aromatic carbocycles. The molecular formula is C28H29N7O3. The van der Waals surface area contributed by atoms with Crippen LogP contribution < -0.4 is 24.8 Å². The van der Waals surface area contributed by atoms with Crippen LogP contribution in [0.5, 0.6) is 17.2 Å². The number of nitrogens with one attached hydrogen (secondary N) is 2. The lowest BCUT2D eigenvalue weighted by Crippen LogP contribution is -2.15. The molecule has 5 aromatic rings. The van der Waals surface area contributed by atoms with E-state index in [0.29, 0.717) is 40.8 Å². The van der Waals surface area contributed by atoms with E-state index < -0.39 is 0 Å². The number of aromatic nitrogens is 5. The Labute approximate surface area is 220 Å². The molecule has 194 valence electrons. The Bertz CT molecular complexity index is 1510. The zero-order valence-corrected chi connectivity index (χ0v) is 21.7. The van der Waals surface area contributed by atoms with E-state index in [1.807, 2.05) is 47.0 Å². The number of methoxy groups -OCH3 is 3. The predicted molar refractivity (Wildman–Crippen MR) is 147 cm³/mol. The molecule has 2 aromatic heterocycles. The van der Waals surface area contributed by atoms with Crippen LogP contribution >= 0.6 is 0 Å². The number of hydrogen-bond acceptors (Lipinski definition) is 9. The van der Waals surface area contributed by atoms with Crippen LogP contribution in [0.15, 0.2) is 73.1 Å². The van der Waals surface area contributed by atoms with Gasteiger partial charge in [-0.25, -0.2) is 19.5 Å². The van der Waals surface area contributed by atoms with E-state index in [9.17, 15) is 0 Å².